The zero-order valence-corrected chi connectivity index (χ0v) is 12.4. The number of esters is 1. The highest BCUT2D eigenvalue weighted by molar-refractivity contribution is 5.97. The number of rotatable bonds is 4. The highest BCUT2D eigenvalue weighted by atomic mass is 16.5. The van der Waals surface area contributed by atoms with Crippen LogP contribution in [0.15, 0.2) is 10.9 Å². The Morgan fingerprint density at radius 1 is 1.30 bits per heavy atom. The number of aromatic amines is 1. The number of nitrogens with one attached hydrogen (secondary N) is 2. The van der Waals surface area contributed by atoms with Gasteiger partial charge in [-0.2, -0.15) is 0 Å². The third-order valence-electron chi connectivity index (χ3n) is 3.00. The molecule has 0 aromatic carbocycles. The lowest BCUT2D eigenvalue weighted by Gasteiger charge is -2.20. The summed E-state index contributed by atoms with van der Waals surface area (Å²) in [4.78, 5) is 38.2. The largest absolute Gasteiger partial charge is 0.467 e. The van der Waals surface area contributed by atoms with Crippen molar-refractivity contribution in [2.24, 2.45) is 5.92 Å². The molecule has 110 valence electrons. The third-order valence-corrected chi connectivity index (χ3v) is 3.00. The molecule has 20 heavy (non-hydrogen) atoms. The summed E-state index contributed by atoms with van der Waals surface area (Å²) in [5.41, 5.74) is 0.797. The molecule has 6 nitrogen and oxygen atoms in total. The van der Waals surface area contributed by atoms with Gasteiger partial charge in [0.15, 0.2) is 0 Å². The molecule has 0 aliphatic heterocycles. The quantitative estimate of drug-likeness (QED) is 0.803. The average Bonchev–Trinajstić information content (AvgIpc) is 2.33. The minimum Gasteiger partial charge on any atom is -0.467 e. The Morgan fingerprint density at radius 3 is 2.35 bits per heavy atom. The van der Waals surface area contributed by atoms with Gasteiger partial charge in [-0.3, -0.25) is 9.59 Å². The van der Waals surface area contributed by atoms with Crippen LogP contribution >= 0.6 is 0 Å². The van der Waals surface area contributed by atoms with Crippen molar-refractivity contribution in [1.82, 2.24) is 10.3 Å². The number of hydrogen-bond acceptors (Lipinski definition) is 4. The smallest absolute Gasteiger partial charge is 0.328 e. The van der Waals surface area contributed by atoms with Gasteiger partial charge in [-0.1, -0.05) is 13.8 Å². The second kappa shape index (κ2) is 6.36. The highest BCUT2D eigenvalue weighted by Gasteiger charge is 2.27. The molecule has 0 saturated heterocycles. The maximum absolute atomic E-state index is 12.2. The van der Waals surface area contributed by atoms with Crippen LogP contribution in [0.1, 0.15) is 35.5 Å². The number of aryl methyl sites for hydroxylation is 2. The lowest BCUT2D eigenvalue weighted by Crippen LogP contribution is -2.46. The van der Waals surface area contributed by atoms with Gasteiger partial charge < -0.3 is 15.0 Å². The molecule has 1 amide bonds. The molecule has 0 spiro atoms. The van der Waals surface area contributed by atoms with Crippen molar-refractivity contribution in [3.63, 3.8) is 0 Å². The van der Waals surface area contributed by atoms with Gasteiger partial charge in [0.2, 0.25) is 0 Å². The van der Waals surface area contributed by atoms with E-state index in [4.69, 9.17) is 0 Å². The molecule has 1 heterocycles. The summed E-state index contributed by atoms with van der Waals surface area (Å²) in [6, 6.07) is 0.923. The zero-order valence-electron chi connectivity index (χ0n) is 12.4. The number of pyridine rings is 1. The van der Waals surface area contributed by atoms with E-state index in [1.54, 1.807) is 33.8 Å². The van der Waals surface area contributed by atoms with E-state index in [0.29, 0.717) is 11.3 Å². The van der Waals surface area contributed by atoms with Crippen LogP contribution in [-0.2, 0) is 9.53 Å². The minimum atomic E-state index is -0.785. The predicted molar refractivity (Wildman–Crippen MR) is 74.6 cm³/mol. The molecule has 6 heteroatoms. The Hall–Kier alpha value is -2.11. The van der Waals surface area contributed by atoms with Crippen LogP contribution in [0.25, 0.3) is 0 Å². The molecule has 1 aromatic heterocycles. The van der Waals surface area contributed by atoms with Gasteiger partial charge in [0, 0.05) is 5.69 Å². The van der Waals surface area contributed by atoms with Crippen molar-refractivity contribution in [1.29, 1.82) is 0 Å². The fraction of sp³-hybridized carbons (Fsp3) is 0.500. The molecule has 1 unspecified atom stereocenters. The second-order valence-corrected chi connectivity index (χ2v) is 5.06. The van der Waals surface area contributed by atoms with Crippen molar-refractivity contribution >= 4 is 11.9 Å². The summed E-state index contributed by atoms with van der Waals surface area (Å²) in [7, 11) is 1.26. The molecule has 0 aliphatic rings. The Labute approximate surface area is 117 Å². The van der Waals surface area contributed by atoms with Crippen molar-refractivity contribution < 1.29 is 14.3 Å². The van der Waals surface area contributed by atoms with Gasteiger partial charge in [0.05, 0.1) is 7.11 Å². The fourth-order valence-corrected chi connectivity index (χ4v) is 1.97. The molecule has 2 N–H and O–H groups in total. The van der Waals surface area contributed by atoms with E-state index in [1.165, 1.54) is 7.11 Å². The maximum Gasteiger partial charge on any atom is 0.328 e. The summed E-state index contributed by atoms with van der Waals surface area (Å²) in [6.45, 7) is 6.99. The van der Waals surface area contributed by atoms with Crippen LogP contribution in [0.4, 0.5) is 0 Å². The van der Waals surface area contributed by atoms with E-state index in [-0.39, 0.29) is 11.5 Å². The number of hydrogen-bond donors (Lipinski definition) is 2. The van der Waals surface area contributed by atoms with Gasteiger partial charge in [-0.15, -0.1) is 0 Å². The Balaban J connectivity index is 3.07. The van der Waals surface area contributed by atoms with Crippen molar-refractivity contribution in [3.8, 4) is 0 Å². The molecule has 0 bridgehead atoms. The first-order valence-corrected chi connectivity index (χ1v) is 6.37. The molecule has 0 saturated carbocycles. The van der Waals surface area contributed by atoms with E-state index in [0.717, 1.165) is 0 Å². The minimum absolute atomic E-state index is 0.0187. The van der Waals surface area contributed by atoms with Gasteiger partial charge in [-0.25, -0.2) is 4.79 Å². The summed E-state index contributed by atoms with van der Waals surface area (Å²) in [6.07, 6.45) is 0. The Morgan fingerprint density at radius 2 is 1.90 bits per heavy atom. The monoisotopic (exact) mass is 280 g/mol. The number of amides is 1. The van der Waals surface area contributed by atoms with Gasteiger partial charge >= 0.3 is 5.97 Å². The first kappa shape index (κ1) is 15.9. The Bertz CT molecular complexity index is 575. The van der Waals surface area contributed by atoms with E-state index in [1.807, 2.05) is 0 Å². The number of methoxy groups -OCH3 is 1. The summed E-state index contributed by atoms with van der Waals surface area (Å²) in [5, 5.41) is 2.55. The number of ether oxygens (including phenoxy) is 1. The SMILES string of the molecule is COC(=O)C(NC(=O)c1c(C)cc(C)[nH]c1=O)C(C)C. The first-order valence-electron chi connectivity index (χ1n) is 6.37. The number of carbonyl (C=O) groups is 2. The average molecular weight is 280 g/mol. The van der Waals surface area contributed by atoms with Crippen LogP contribution in [-0.4, -0.2) is 30.0 Å². The molecule has 1 rings (SSSR count). The van der Waals surface area contributed by atoms with Gasteiger partial charge in [0.1, 0.15) is 11.6 Å². The van der Waals surface area contributed by atoms with Crippen LogP contribution in [0.3, 0.4) is 0 Å². The lowest BCUT2D eigenvalue weighted by molar-refractivity contribution is -0.144. The number of H-pyrrole nitrogens is 1. The van der Waals surface area contributed by atoms with Crippen molar-refractivity contribution in [2.45, 2.75) is 33.7 Å². The maximum atomic E-state index is 12.2. The molecule has 0 aliphatic carbocycles. The number of aromatic nitrogens is 1. The molecular weight excluding hydrogens is 260 g/mol. The normalized spacial score (nSPS) is 12.1. The molecule has 1 atom stereocenters. The third kappa shape index (κ3) is 3.46. The molecule has 0 radical (unpaired) electrons. The Kier molecular flexibility index (Phi) is 5.07. The van der Waals surface area contributed by atoms with E-state index < -0.39 is 23.5 Å². The summed E-state index contributed by atoms with van der Waals surface area (Å²) >= 11 is 0. The molecular formula is C14H20N2O4. The topological polar surface area (TPSA) is 88.3 Å². The molecule has 1 aromatic rings. The standard InChI is InChI=1S/C14H20N2O4/c1-7(2)11(14(19)20-5)16-13(18)10-8(3)6-9(4)15-12(10)17/h6-7,11H,1-5H3,(H,15,17)(H,16,18). The van der Waals surface area contributed by atoms with Crippen LogP contribution in [0.2, 0.25) is 0 Å². The number of carbonyl (C=O) groups excluding carboxylic acids is 2. The zero-order chi connectivity index (χ0) is 15.4. The van der Waals surface area contributed by atoms with Gasteiger partial charge in [-0.05, 0) is 31.4 Å². The van der Waals surface area contributed by atoms with E-state index in [9.17, 15) is 14.4 Å². The van der Waals surface area contributed by atoms with Crippen LogP contribution in [0.5, 0.6) is 0 Å². The molecule has 0 fully saturated rings. The van der Waals surface area contributed by atoms with Crippen LogP contribution in [0, 0.1) is 19.8 Å². The van der Waals surface area contributed by atoms with Crippen molar-refractivity contribution in [2.75, 3.05) is 7.11 Å². The first-order chi connectivity index (χ1) is 9.27. The highest BCUT2D eigenvalue weighted by Crippen LogP contribution is 2.07. The fourth-order valence-electron chi connectivity index (χ4n) is 1.97. The predicted octanol–water partition coefficient (Wildman–Crippen LogP) is 0.919. The summed E-state index contributed by atoms with van der Waals surface area (Å²) < 4.78 is 4.65. The second-order valence-electron chi connectivity index (χ2n) is 5.06. The van der Waals surface area contributed by atoms with E-state index >= 15 is 0 Å². The lowest BCUT2D eigenvalue weighted by atomic mass is 10.0. The van der Waals surface area contributed by atoms with E-state index in [2.05, 4.69) is 15.0 Å². The summed E-state index contributed by atoms with van der Waals surface area (Å²) in [5.74, 6) is -1.25. The van der Waals surface area contributed by atoms with Gasteiger partial charge in [0.25, 0.3) is 11.5 Å². The van der Waals surface area contributed by atoms with Crippen molar-refractivity contribution in [3.05, 3.63) is 33.2 Å². The van der Waals surface area contributed by atoms with Crippen LogP contribution < -0.4 is 10.9 Å².